The monoisotopic (exact) mass is 216 g/mol. The van der Waals surface area contributed by atoms with Crippen LogP contribution in [0.1, 0.15) is 60.3 Å². The maximum atomic E-state index is 11.5. The highest BCUT2D eigenvalue weighted by Gasteiger charge is 2.15. The zero-order valence-corrected chi connectivity index (χ0v) is 11.0. The molecular weight excluding hydrogens is 192 g/mol. The Morgan fingerprint density at radius 3 is 2.21 bits per heavy atom. The van der Waals surface area contributed by atoms with Crippen molar-refractivity contribution in [1.82, 2.24) is 0 Å². The van der Waals surface area contributed by atoms with Gasteiger partial charge in [0.15, 0.2) is 5.12 Å². The summed E-state index contributed by atoms with van der Waals surface area (Å²) in [6.07, 6.45) is 4.23. The molecule has 0 aliphatic rings. The predicted molar refractivity (Wildman–Crippen MR) is 65.7 cm³/mol. The standard InChI is InChI=1S/C12H24OS/c1-10(2)8-6-7-9-11(13)14-12(3,4)5/h10H,6-9H2,1-5H3. The molecular formula is C12H24OS. The van der Waals surface area contributed by atoms with E-state index in [1.807, 2.05) is 0 Å². The lowest BCUT2D eigenvalue weighted by molar-refractivity contribution is -0.111. The minimum absolute atomic E-state index is 0.0785. The summed E-state index contributed by atoms with van der Waals surface area (Å²) in [6.45, 7) is 10.7. The van der Waals surface area contributed by atoms with Gasteiger partial charge in [0.05, 0.1) is 0 Å². The van der Waals surface area contributed by atoms with Gasteiger partial charge in [-0.2, -0.15) is 0 Å². The maximum absolute atomic E-state index is 11.5. The molecule has 0 saturated heterocycles. The van der Waals surface area contributed by atoms with Gasteiger partial charge in [-0.1, -0.05) is 59.2 Å². The van der Waals surface area contributed by atoms with Crippen molar-refractivity contribution in [2.45, 2.75) is 65.0 Å². The van der Waals surface area contributed by atoms with Crippen molar-refractivity contribution in [3.05, 3.63) is 0 Å². The fraction of sp³-hybridized carbons (Fsp3) is 0.917. The molecule has 0 aromatic carbocycles. The van der Waals surface area contributed by atoms with Crippen LogP contribution in [0.5, 0.6) is 0 Å². The molecule has 0 N–H and O–H groups in total. The van der Waals surface area contributed by atoms with Gasteiger partial charge in [-0.3, -0.25) is 4.79 Å². The number of rotatable bonds is 5. The molecule has 0 heterocycles. The van der Waals surface area contributed by atoms with Crippen molar-refractivity contribution in [1.29, 1.82) is 0 Å². The van der Waals surface area contributed by atoms with E-state index in [9.17, 15) is 4.79 Å². The lowest BCUT2D eigenvalue weighted by Crippen LogP contribution is -2.11. The van der Waals surface area contributed by atoms with Crippen LogP contribution in [-0.4, -0.2) is 9.86 Å². The van der Waals surface area contributed by atoms with Crippen molar-refractivity contribution in [2.75, 3.05) is 0 Å². The summed E-state index contributed by atoms with van der Waals surface area (Å²) in [5, 5.41) is 0.348. The quantitative estimate of drug-likeness (QED) is 0.639. The third kappa shape index (κ3) is 10.1. The maximum Gasteiger partial charge on any atom is 0.189 e. The molecule has 2 heteroatoms. The van der Waals surface area contributed by atoms with Gasteiger partial charge < -0.3 is 0 Å². The van der Waals surface area contributed by atoms with Crippen LogP contribution in [0.3, 0.4) is 0 Å². The molecule has 0 aliphatic heterocycles. The molecule has 0 spiro atoms. The molecule has 0 aromatic heterocycles. The van der Waals surface area contributed by atoms with Crippen LogP contribution in [0, 0.1) is 5.92 Å². The molecule has 0 atom stereocenters. The average molecular weight is 216 g/mol. The Morgan fingerprint density at radius 2 is 1.79 bits per heavy atom. The number of hydrogen-bond donors (Lipinski definition) is 0. The average Bonchev–Trinajstić information content (AvgIpc) is 1.94. The summed E-state index contributed by atoms with van der Waals surface area (Å²) in [7, 11) is 0. The second kappa shape index (κ2) is 6.49. The van der Waals surface area contributed by atoms with Gasteiger partial charge in [0.2, 0.25) is 0 Å². The van der Waals surface area contributed by atoms with Crippen LogP contribution >= 0.6 is 11.8 Å². The normalized spacial score (nSPS) is 12.1. The van der Waals surface area contributed by atoms with Crippen LogP contribution in [-0.2, 0) is 4.79 Å². The van der Waals surface area contributed by atoms with Crippen molar-refractivity contribution in [3.63, 3.8) is 0 Å². The second-order valence-electron chi connectivity index (χ2n) is 5.23. The van der Waals surface area contributed by atoms with E-state index in [1.165, 1.54) is 24.6 Å². The van der Waals surface area contributed by atoms with Crippen LogP contribution in [0.15, 0.2) is 0 Å². The van der Waals surface area contributed by atoms with E-state index < -0.39 is 0 Å². The van der Waals surface area contributed by atoms with Gasteiger partial charge in [0, 0.05) is 11.2 Å². The highest BCUT2D eigenvalue weighted by atomic mass is 32.2. The SMILES string of the molecule is CC(C)CCCCC(=O)SC(C)(C)C. The lowest BCUT2D eigenvalue weighted by atomic mass is 10.1. The van der Waals surface area contributed by atoms with Gasteiger partial charge in [0.25, 0.3) is 0 Å². The number of hydrogen-bond acceptors (Lipinski definition) is 2. The summed E-state index contributed by atoms with van der Waals surface area (Å²) in [6, 6.07) is 0. The topological polar surface area (TPSA) is 17.1 Å². The fourth-order valence-electron chi connectivity index (χ4n) is 1.21. The lowest BCUT2D eigenvalue weighted by Gasteiger charge is -2.15. The molecule has 0 amide bonds. The minimum atomic E-state index is 0.0785. The van der Waals surface area contributed by atoms with Crippen molar-refractivity contribution >= 4 is 16.9 Å². The largest absolute Gasteiger partial charge is 0.287 e. The van der Waals surface area contributed by atoms with Gasteiger partial charge in [-0.05, 0) is 12.3 Å². The first-order valence-electron chi connectivity index (χ1n) is 5.53. The highest BCUT2D eigenvalue weighted by molar-refractivity contribution is 8.14. The Morgan fingerprint density at radius 1 is 1.21 bits per heavy atom. The van der Waals surface area contributed by atoms with Gasteiger partial charge in [0.1, 0.15) is 0 Å². The zero-order valence-electron chi connectivity index (χ0n) is 10.2. The summed E-state index contributed by atoms with van der Waals surface area (Å²) < 4.78 is 0.0785. The van der Waals surface area contributed by atoms with Crippen molar-refractivity contribution in [3.8, 4) is 0 Å². The molecule has 84 valence electrons. The van der Waals surface area contributed by atoms with Crippen LogP contribution in [0.2, 0.25) is 0 Å². The number of carbonyl (C=O) groups is 1. The molecule has 0 unspecified atom stereocenters. The molecule has 0 aromatic rings. The van der Waals surface area contributed by atoms with E-state index in [0.29, 0.717) is 5.12 Å². The number of unbranched alkanes of at least 4 members (excludes halogenated alkanes) is 1. The summed E-state index contributed by atoms with van der Waals surface area (Å²) in [4.78, 5) is 11.5. The number of carbonyl (C=O) groups excluding carboxylic acids is 1. The van der Waals surface area contributed by atoms with Gasteiger partial charge >= 0.3 is 0 Å². The first-order valence-corrected chi connectivity index (χ1v) is 6.35. The second-order valence-corrected chi connectivity index (χ2v) is 7.11. The van der Waals surface area contributed by atoms with Crippen LogP contribution in [0.4, 0.5) is 0 Å². The zero-order chi connectivity index (χ0) is 11.2. The molecule has 0 saturated carbocycles. The summed E-state index contributed by atoms with van der Waals surface area (Å²) in [5.74, 6) is 0.764. The Balaban J connectivity index is 3.46. The Hall–Kier alpha value is 0.0200. The first kappa shape index (κ1) is 14.0. The van der Waals surface area contributed by atoms with Crippen LogP contribution in [0.25, 0.3) is 0 Å². The Kier molecular flexibility index (Phi) is 6.50. The molecule has 0 rings (SSSR count). The highest BCUT2D eigenvalue weighted by Crippen LogP contribution is 2.26. The third-order valence-electron chi connectivity index (χ3n) is 1.83. The van der Waals surface area contributed by atoms with E-state index in [0.717, 1.165) is 18.8 Å². The summed E-state index contributed by atoms with van der Waals surface area (Å²) >= 11 is 1.48. The van der Waals surface area contributed by atoms with Crippen LogP contribution < -0.4 is 0 Å². The molecule has 0 aliphatic carbocycles. The van der Waals surface area contributed by atoms with E-state index in [4.69, 9.17) is 0 Å². The van der Waals surface area contributed by atoms with Gasteiger partial charge in [-0.25, -0.2) is 0 Å². The van der Waals surface area contributed by atoms with E-state index in [2.05, 4.69) is 34.6 Å². The van der Waals surface area contributed by atoms with Gasteiger partial charge in [-0.15, -0.1) is 0 Å². The summed E-state index contributed by atoms with van der Waals surface area (Å²) in [5.41, 5.74) is 0. The molecule has 0 fully saturated rings. The first-order chi connectivity index (χ1) is 6.31. The molecule has 0 radical (unpaired) electrons. The van der Waals surface area contributed by atoms with Crippen molar-refractivity contribution < 1.29 is 4.79 Å². The molecule has 1 nitrogen and oxygen atoms in total. The molecule has 0 bridgehead atoms. The van der Waals surface area contributed by atoms with E-state index >= 15 is 0 Å². The minimum Gasteiger partial charge on any atom is -0.287 e. The fourth-order valence-corrected chi connectivity index (χ4v) is 2.14. The predicted octanol–water partition coefficient (Wildman–Crippen LogP) is 4.26. The Labute approximate surface area is 93.0 Å². The van der Waals surface area contributed by atoms with Crippen molar-refractivity contribution in [2.24, 2.45) is 5.92 Å². The number of thioether (sulfide) groups is 1. The Bertz CT molecular complexity index is 168. The van der Waals surface area contributed by atoms with E-state index in [-0.39, 0.29) is 4.75 Å². The third-order valence-corrected chi connectivity index (χ3v) is 2.88. The molecule has 14 heavy (non-hydrogen) atoms. The smallest absolute Gasteiger partial charge is 0.189 e. The van der Waals surface area contributed by atoms with E-state index in [1.54, 1.807) is 0 Å².